The average molecular weight is 255 g/mol. The third kappa shape index (κ3) is 1.93. The van der Waals surface area contributed by atoms with Crippen LogP contribution in [0, 0.1) is 6.92 Å². The lowest BCUT2D eigenvalue weighted by molar-refractivity contribution is 0.479. The van der Waals surface area contributed by atoms with Gasteiger partial charge in [-0.15, -0.1) is 0 Å². The molecule has 4 heteroatoms. The number of hydrogen-bond donors (Lipinski definition) is 0. The Morgan fingerprint density at radius 1 is 1.16 bits per heavy atom. The summed E-state index contributed by atoms with van der Waals surface area (Å²) in [6.07, 6.45) is 1.78. The second-order valence-corrected chi connectivity index (χ2v) is 5.75. The molecule has 0 unspecified atom stereocenters. The van der Waals surface area contributed by atoms with Gasteiger partial charge in [0.2, 0.25) is 5.88 Å². The molecular formula is C15H17N3O. The molecule has 0 aliphatic heterocycles. The number of furan rings is 1. The monoisotopic (exact) mass is 255 g/mol. The van der Waals surface area contributed by atoms with E-state index < -0.39 is 0 Å². The van der Waals surface area contributed by atoms with Crippen molar-refractivity contribution in [3.63, 3.8) is 0 Å². The molecule has 0 fully saturated rings. The lowest BCUT2D eigenvalue weighted by Crippen LogP contribution is -2.18. The van der Waals surface area contributed by atoms with E-state index in [9.17, 15) is 0 Å². The first kappa shape index (κ1) is 12.0. The van der Waals surface area contributed by atoms with E-state index in [0.717, 1.165) is 28.6 Å². The van der Waals surface area contributed by atoms with Gasteiger partial charge in [0.1, 0.15) is 17.1 Å². The first-order chi connectivity index (χ1) is 8.97. The number of rotatable bonds is 1. The summed E-state index contributed by atoms with van der Waals surface area (Å²) >= 11 is 0. The van der Waals surface area contributed by atoms with Crippen LogP contribution in [0.4, 0.5) is 0 Å². The van der Waals surface area contributed by atoms with E-state index in [1.54, 1.807) is 6.20 Å². The Hall–Kier alpha value is -2.10. The second kappa shape index (κ2) is 3.95. The number of hydrogen-bond acceptors (Lipinski definition) is 3. The molecule has 0 bridgehead atoms. The standard InChI is InChI=1S/C15H17N3O/c1-10-7-8-12(19-10)18-13-11(6-5-9-16-13)17-14(18)15(2,3)4/h5-9H,1-4H3. The molecule has 3 heterocycles. The highest BCUT2D eigenvalue weighted by Crippen LogP contribution is 2.29. The van der Waals surface area contributed by atoms with Crippen molar-refractivity contribution in [1.82, 2.24) is 14.5 Å². The summed E-state index contributed by atoms with van der Waals surface area (Å²) in [5.74, 6) is 2.60. The van der Waals surface area contributed by atoms with Crippen LogP contribution in [0.2, 0.25) is 0 Å². The fourth-order valence-corrected chi connectivity index (χ4v) is 2.17. The Kier molecular flexibility index (Phi) is 2.49. The maximum atomic E-state index is 5.75. The van der Waals surface area contributed by atoms with Gasteiger partial charge < -0.3 is 4.42 Å². The maximum Gasteiger partial charge on any atom is 0.206 e. The predicted octanol–water partition coefficient (Wildman–Crippen LogP) is 3.62. The minimum absolute atomic E-state index is 0.0819. The molecule has 0 saturated carbocycles. The summed E-state index contributed by atoms with van der Waals surface area (Å²) in [6, 6.07) is 7.79. The molecule has 0 N–H and O–H groups in total. The number of pyridine rings is 1. The van der Waals surface area contributed by atoms with Gasteiger partial charge in [0.25, 0.3) is 0 Å². The third-order valence-corrected chi connectivity index (χ3v) is 3.03. The van der Waals surface area contributed by atoms with Crippen molar-refractivity contribution >= 4 is 11.2 Å². The van der Waals surface area contributed by atoms with Crippen molar-refractivity contribution in [2.24, 2.45) is 0 Å². The highest BCUT2D eigenvalue weighted by atomic mass is 16.4. The van der Waals surface area contributed by atoms with Crippen molar-refractivity contribution in [3.8, 4) is 5.88 Å². The molecule has 98 valence electrons. The normalized spacial score (nSPS) is 12.2. The largest absolute Gasteiger partial charge is 0.445 e. The molecule has 0 aliphatic rings. The van der Waals surface area contributed by atoms with Crippen LogP contribution in [0.25, 0.3) is 17.0 Å². The predicted molar refractivity (Wildman–Crippen MR) is 74.6 cm³/mol. The number of nitrogens with zero attached hydrogens (tertiary/aromatic N) is 3. The van der Waals surface area contributed by atoms with Crippen molar-refractivity contribution in [1.29, 1.82) is 0 Å². The summed E-state index contributed by atoms with van der Waals surface area (Å²) in [4.78, 5) is 9.15. The highest BCUT2D eigenvalue weighted by Gasteiger charge is 2.25. The van der Waals surface area contributed by atoms with E-state index >= 15 is 0 Å². The molecule has 0 spiro atoms. The van der Waals surface area contributed by atoms with Crippen LogP contribution in [-0.2, 0) is 5.41 Å². The van der Waals surface area contributed by atoms with Crippen LogP contribution in [0.1, 0.15) is 32.4 Å². The van der Waals surface area contributed by atoms with E-state index in [1.165, 1.54) is 0 Å². The summed E-state index contributed by atoms with van der Waals surface area (Å²) in [6.45, 7) is 8.36. The molecule has 0 radical (unpaired) electrons. The van der Waals surface area contributed by atoms with Gasteiger partial charge in [-0.1, -0.05) is 20.8 Å². The molecule has 0 atom stereocenters. The molecule has 4 nitrogen and oxygen atoms in total. The number of aromatic nitrogens is 3. The molecule has 0 aromatic carbocycles. The quantitative estimate of drug-likeness (QED) is 0.667. The van der Waals surface area contributed by atoms with Gasteiger partial charge in [0.05, 0.1) is 0 Å². The fourth-order valence-electron chi connectivity index (χ4n) is 2.17. The van der Waals surface area contributed by atoms with E-state index in [-0.39, 0.29) is 5.41 Å². The van der Waals surface area contributed by atoms with E-state index in [0.29, 0.717) is 0 Å². The zero-order chi connectivity index (χ0) is 13.6. The molecule has 19 heavy (non-hydrogen) atoms. The SMILES string of the molecule is Cc1ccc(-n2c(C(C)(C)C)nc3cccnc32)o1. The number of imidazole rings is 1. The molecule has 0 saturated heterocycles. The Morgan fingerprint density at radius 2 is 1.95 bits per heavy atom. The van der Waals surface area contributed by atoms with Gasteiger partial charge in [-0.2, -0.15) is 0 Å². The zero-order valence-corrected chi connectivity index (χ0v) is 11.6. The Morgan fingerprint density at radius 3 is 2.58 bits per heavy atom. The molecule has 0 aliphatic carbocycles. The third-order valence-electron chi connectivity index (χ3n) is 3.03. The van der Waals surface area contributed by atoms with Crippen LogP contribution in [0.15, 0.2) is 34.9 Å². The van der Waals surface area contributed by atoms with Crippen molar-refractivity contribution < 1.29 is 4.42 Å². The molecule has 0 amide bonds. The molecule has 3 aromatic heterocycles. The van der Waals surface area contributed by atoms with Gasteiger partial charge in [0, 0.05) is 17.7 Å². The van der Waals surface area contributed by atoms with Crippen LogP contribution in [0.3, 0.4) is 0 Å². The van der Waals surface area contributed by atoms with E-state index in [2.05, 4.69) is 25.8 Å². The minimum atomic E-state index is -0.0819. The van der Waals surface area contributed by atoms with Gasteiger partial charge in [-0.3, -0.25) is 0 Å². The zero-order valence-electron chi connectivity index (χ0n) is 11.6. The topological polar surface area (TPSA) is 43.9 Å². The maximum absolute atomic E-state index is 5.75. The Labute approximate surface area is 112 Å². The van der Waals surface area contributed by atoms with Crippen LogP contribution in [0.5, 0.6) is 0 Å². The van der Waals surface area contributed by atoms with Crippen molar-refractivity contribution in [3.05, 3.63) is 42.0 Å². The van der Waals surface area contributed by atoms with Crippen LogP contribution < -0.4 is 0 Å². The van der Waals surface area contributed by atoms with Gasteiger partial charge in [-0.25, -0.2) is 14.5 Å². The summed E-state index contributed by atoms with van der Waals surface area (Å²) in [5.41, 5.74) is 1.64. The van der Waals surface area contributed by atoms with Crippen LogP contribution in [-0.4, -0.2) is 14.5 Å². The smallest absolute Gasteiger partial charge is 0.206 e. The van der Waals surface area contributed by atoms with E-state index in [1.807, 2.05) is 35.8 Å². The first-order valence-corrected chi connectivity index (χ1v) is 6.37. The highest BCUT2D eigenvalue weighted by molar-refractivity contribution is 5.73. The molecule has 3 rings (SSSR count). The summed E-state index contributed by atoms with van der Waals surface area (Å²) in [5, 5.41) is 0. The summed E-state index contributed by atoms with van der Waals surface area (Å²) < 4.78 is 7.76. The van der Waals surface area contributed by atoms with Gasteiger partial charge in [0.15, 0.2) is 5.65 Å². The van der Waals surface area contributed by atoms with Gasteiger partial charge >= 0.3 is 0 Å². The van der Waals surface area contributed by atoms with Crippen molar-refractivity contribution in [2.75, 3.05) is 0 Å². The summed E-state index contributed by atoms with van der Waals surface area (Å²) in [7, 11) is 0. The Bertz CT molecular complexity index is 731. The molecule has 3 aromatic rings. The minimum Gasteiger partial charge on any atom is -0.445 e. The Balaban J connectivity index is 2.37. The second-order valence-electron chi connectivity index (χ2n) is 5.75. The lowest BCUT2D eigenvalue weighted by atomic mass is 9.96. The van der Waals surface area contributed by atoms with Crippen LogP contribution >= 0.6 is 0 Å². The number of aryl methyl sites for hydroxylation is 1. The van der Waals surface area contributed by atoms with Crippen molar-refractivity contribution in [2.45, 2.75) is 33.1 Å². The fraction of sp³-hybridized carbons (Fsp3) is 0.333. The lowest BCUT2D eigenvalue weighted by Gasteiger charge is -2.18. The van der Waals surface area contributed by atoms with Gasteiger partial charge in [-0.05, 0) is 25.1 Å². The first-order valence-electron chi connectivity index (χ1n) is 6.37. The van der Waals surface area contributed by atoms with E-state index in [4.69, 9.17) is 9.40 Å². The number of fused-ring (bicyclic) bond motifs is 1. The molecular weight excluding hydrogens is 238 g/mol. The average Bonchev–Trinajstić information content (AvgIpc) is 2.91.